The Bertz CT molecular complexity index is 136. The molecule has 13 heavy (non-hydrogen) atoms. The highest BCUT2D eigenvalue weighted by molar-refractivity contribution is 4.92. The molecular weight excluding hydrogens is 164 g/mol. The van der Waals surface area contributed by atoms with Crippen molar-refractivity contribution in [1.82, 2.24) is 10.2 Å². The molecule has 0 aromatic rings. The van der Waals surface area contributed by atoms with Gasteiger partial charge in [0.25, 0.3) is 0 Å². The predicted molar refractivity (Wildman–Crippen MR) is 55.0 cm³/mol. The van der Waals surface area contributed by atoms with E-state index in [2.05, 4.69) is 24.3 Å². The molecule has 3 heteroatoms. The molecule has 1 N–H and O–H groups in total. The molecule has 0 bridgehead atoms. The minimum atomic E-state index is 0.205. The van der Waals surface area contributed by atoms with E-state index in [4.69, 9.17) is 4.74 Å². The molecule has 0 aliphatic carbocycles. The molecule has 1 heterocycles. The van der Waals surface area contributed by atoms with Crippen LogP contribution in [-0.4, -0.2) is 51.3 Å². The van der Waals surface area contributed by atoms with E-state index < -0.39 is 0 Å². The maximum absolute atomic E-state index is 5.30. The summed E-state index contributed by atoms with van der Waals surface area (Å²) in [6.45, 7) is 3.03. The summed E-state index contributed by atoms with van der Waals surface area (Å²) in [4.78, 5) is 2.23. The SMILES string of the molecule is COCC1(CN(C)C)CCCCN1. The van der Waals surface area contributed by atoms with Crippen molar-refractivity contribution in [3.63, 3.8) is 0 Å². The third kappa shape index (κ3) is 3.25. The summed E-state index contributed by atoms with van der Waals surface area (Å²) in [5, 5.41) is 3.60. The Labute approximate surface area is 81.4 Å². The van der Waals surface area contributed by atoms with Gasteiger partial charge in [-0.15, -0.1) is 0 Å². The summed E-state index contributed by atoms with van der Waals surface area (Å²) >= 11 is 0. The number of methoxy groups -OCH3 is 1. The molecule has 1 unspecified atom stereocenters. The Morgan fingerprint density at radius 2 is 2.15 bits per heavy atom. The Balaban J connectivity index is 2.50. The number of likely N-dealkylation sites (N-methyl/N-ethyl adjacent to an activating group) is 1. The van der Waals surface area contributed by atoms with Crippen molar-refractivity contribution < 1.29 is 4.74 Å². The first-order valence-electron chi connectivity index (χ1n) is 5.07. The van der Waals surface area contributed by atoms with Gasteiger partial charge in [0.05, 0.1) is 12.1 Å². The van der Waals surface area contributed by atoms with Crippen molar-refractivity contribution in [1.29, 1.82) is 0 Å². The van der Waals surface area contributed by atoms with Crippen LogP contribution < -0.4 is 5.32 Å². The molecule has 0 aromatic heterocycles. The first-order chi connectivity index (χ1) is 6.18. The van der Waals surface area contributed by atoms with E-state index >= 15 is 0 Å². The van der Waals surface area contributed by atoms with E-state index in [1.807, 2.05) is 0 Å². The van der Waals surface area contributed by atoms with Crippen LogP contribution in [0.4, 0.5) is 0 Å². The van der Waals surface area contributed by atoms with Gasteiger partial charge in [0.2, 0.25) is 0 Å². The summed E-state index contributed by atoms with van der Waals surface area (Å²) in [6.07, 6.45) is 3.86. The van der Waals surface area contributed by atoms with Crippen LogP contribution in [0.3, 0.4) is 0 Å². The minimum Gasteiger partial charge on any atom is -0.383 e. The molecule has 0 saturated carbocycles. The van der Waals surface area contributed by atoms with Gasteiger partial charge in [0, 0.05) is 13.7 Å². The first kappa shape index (κ1) is 11.0. The Hall–Kier alpha value is -0.120. The van der Waals surface area contributed by atoms with Crippen LogP contribution in [0.1, 0.15) is 19.3 Å². The van der Waals surface area contributed by atoms with Crippen LogP contribution in [0.5, 0.6) is 0 Å². The zero-order chi connectivity index (χ0) is 9.73. The monoisotopic (exact) mass is 186 g/mol. The van der Waals surface area contributed by atoms with Gasteiger partial charge in [-0.05, 0) is 33.5 Å². The zero-order valence-electron chi connectivity index (χ0n) is 9.10. The molecule has 78 valence electrons. The maximum Gasteiger partial charge on any atom is 0.0657 e. The van der Waals surface area contributed by atoms with Gasteiger partial charge in [-0.3, -0.25) is 0 Å². The first-order valence-corrected chi connectivity index (χ1v) is 5.07. The van der Waals surface area contributed by atoms with Crippen molar-refractivity contribution in [2.75, 3.05) is 40.9 Å². The van der Waals surface area contributed by atoms with E-state index in [1.54, 1.807) is 7.11 Å². The quantitative estimate of drug-likeness (QED) is 0.699. The Kier molecular flexibility index (Phi) is 4.16. The average molecular weight is 186 g/mol. The second kappa shape index (κ2) is 4.94. The number of rotatable bonds is 4. The van der Waals surface area contributed by atoms with Crippen molar-refractivity contribution in [3.8, 4) is 0 Å². The van der Waals surface area contributed by atoms with E-state index in [0.29, 0.717) is 0 Å². The molecule has 0 radical (unpaired) electrons. The lowest BCUT2D eigenvalue weighted by molar-refractivity contribution is 0.0704. The lowest BCUT2D eigenvalue weighted by Gasteiger charge is -2.39. The van der Waals surface area contributed by atoms with Crippen LogP contribution in [0.25, 0.3) is 0 Å². The summed E-state index contributed by atoms with van der Waals surface area (Å²) in [5.41, 5.74) is 0.205. The molecular formula is C10H22N2O. The lowest BCUT2D eigenvalue weighted by atomic mass is 9.89. The topological polar surface area (TPSA) is 24.5 Å². The summed E-state index contributed by atoms with van der Waals surface area (Å²) in [6, 6.07) is 0. The van der Waals surface area contributed by atoms with Gasteiger partial charge < -0.3 is 15.0 Å². The summed E-state index contributed by atoms with van der Waals surface area (Å²) in [5.74, 6) is 0. The Morgan fingerprint density at radius 3 is 2.62 bits per heavy atom. The van der Waals surface area contributed by atoms with Gasteiger partial charge in [0.1, 0.15) is 0 Å². The number of piperidine rings is 1. The number of nitrogens with zero attached hydrogens (tertiary/aromatic N) is 1. The van der Waals surface area contributed by atoms with Gasteiger partial charge in [0.15, 0.2) is 0 Å². The van der Waals surface area contributed by atoms with Crippen molar-refractivity contribution in [3.05, 3.63) is 0 Å². The number of hydrogen-bond donors (Lipinski definition) is 1. The normalized spacial score (nSPS) is 29.5. The fourth-order valence-corrected chi connectivity index (χ4v) is 2.22. The third-order valence-electron chi connectivity index (χ3n) is 2.62. The van der Waals surface area contributed by atoms with Gasteiger partial charge in [-0.25, -0.2) is 0 Å². The number of nitrogens with one attached hydrogen (secondary N) is 1. The number of ether oxygens (including phenoxy) is 1. The molecule has 1 aliphatic rings. The van der Waals surface area contributed by atoms with Crippen LogP contribution >= 0.6 is 0 Å². The summed E-state index contributed by atoms with van der Waals surface area (Å²) in [7, 11) is 6.02. The second-order valence-electron chi connectivity index (χ2n) is 4.34. The largest absolute Gasteiger partial charge is 0.383 e. The smallest absolute Gasteiger partial charge is 0.0657 e. The van der Waals surface area contributed by atoms with Crippen LogP contribution in [0, 0.1) is 0 Å². The van der Waals surface area contributed by atoms with E-state index in [1.165, 1.54) is 19.3 Å². The molecule has 1 saturated heterocycles. The molecule has 1 atom stereocenters. The van der Waals surface area contributed by atoms with Crippen LogP contribution in [0.2, 0.25) is 0 Å². The van der Waals surface area contributed by atoms with Gasteiger partial charge in [-0.1, -0.05) is 6.42 Å². The third-order valence-corrected chi connectivity index (χ3v) is 2.62. The van der Waals surface area contributed by atoms with Crippen molar-refractivity contribution >= 4 is 0 Å². The van der Waals surface area contributed by atoms with Crippen LogP contribution in [0.15, 0.2) is 0 Å². The molecule has 0 spiro atoms. The second-order valence-corrected chi connectivity index (χ2v) is 4.34. The van der Waals surface area contributed by atoms with Crippen molar-refractivity contribution in [2.24, 2.45) is 0 Å². The minimum absolute atomic E-state index is 0.205. The average Bonchev–Trinajstić information content (AvgIpc) is 2.04. The predicted octanol–water partition coefficient (Wildman–Crippen LogP) is 0.707. The highest BCUT2D eigenvalue weighted by Gasteiger charge is 2.31. The number of hydrogen-bond acceptors (Lipinski definition) is 3. The molecule has 3 nitrogen and oxygen atoms in total. The van der Waals surface area contributed by atoms with E-state index in [0.717, 1.165) is 19.7 Å². The fourth-order valence-electron chi connectivity index (χ4n) is 2.22. The van der Waals surface area contributed by atoms with Crippen molar-refractivity contribution in [2.45, 2.75) is 24.8 Å². The molecule has 1 aliphatic heterocycles. The molecule has 0 aromatic carbocycles. The van der Waals surface area contributed by atoms with E-state index in [-0.39, 0.29) is 5.54 Å². The highest BCUT2D eigenvalue weighted by Crippen LogP contribution is 2.20. The Morgan fingerprint density at radius 1 is 1.38 bits per heavy atom. The van der Waals surface area contributed by atoms with E-state index in [9.17, 15) is 0 Å². The molecule has 0 amide bonds. The zero-order valence-corrected chi connectivity index (χ0v) is 9.10. The highest BCUT2D eigenvalue weighted by atomic mass is 16.5. The van der Waals surface area contributed by atoms with Crippen LogP contribution in [-0.2, 0) is 4.74 Å². The van der Waals surface area contributed by atoms with Gasteiger partial charge >= 0.3 is 0 Å². The maximum atomic E-state index is 5.30. The van der Waals surface area contributed by atoms with Gasteiger partial charge in [-0.2, -0.15) is 0 Å². The summed E-state index contributed by atoms with van der Waals surface area (Å²) < 4.78 is 5.30. The molecule has 1 fully saturated rings. The molecule has 1 rings (SSSR count). The lowest BCUT2D eigenvalue weighted by Crippen LogP contribution is -2.57. The standard InChI is InChI=1S/C10H22N2O/c1-12(2)8-10(9-13-3)6-4-5-7-11-10/h11H,4-9H2,1-3H3. The fraction of sp³-hybridized carbons (Fsp3) is 1.00.